The molecule has 0 aliphatic heterocycles. The molecule has 1 atom stereocenters. The van der Waals surface area contributed by atoms with Crippen molar-refractivity contribution in [3.63, 3.8) is 0 Å². The Kier molecular flexibility index (Phi) is 47.2. The summed E-state index contributed by atoms with van der Waals surface area (Å²) in [6, 6.07) is 0. The van der Waals surface area contributed by atoms with E-state index in [1.54, 1.807) is 0 Å². The third-order valence-corrected chi connectivity index (χ3v) is 12.3. The molecule has 0 spiro atoms. The summed E-state index contributed by atoms with van der Waals surface area (Å²) >= 11 is 0. The second-order valence-corrected chi connectivity index (χ2v) is 19.0. The van der Waals surface area contributed by atoms with E-state index in [-0.39, 0.29) is 31.1 Å². The Balaban J connectivity index is 4.28. The van der Waals surface area contributed by atoms with E-state index in [1.165, 1.54) is 199 Å². The van der Waals surface area contributed by atoms with Crippen LogP contribution in [0.1, 0.15) is 304 Å². The highest BCUT2D eigenvalue weighted by Gasteiger charge is 2.19. The monoisotopic (exact) mass is 849 g/mol. The Bertz CT molecular complexity index is 903. The first-order chi connectivity index (χ1) is 29.4. The molecule has 0 unspecified atom stereocenters. The lowest BCUT2D eigenvalue weighted by Crippen LogP contribution is -2.30. The summed E-state index contributed by atoms with van der Waals surface area (Å²) in [6.07, 6.45) is 50.8. The molecule has 0 fully saturated rings. The number of rotatable bonds is 49. The van der Waals surface area contributed by atoms with E-state index in [0.717, 1.165) is 63.7 Å². The van der Waals surface area contributed by atoms with Gasteiger partial charge in [0, 0.05) is 19.3 Å². The Morgan fingerprint density at radius 2 is 0.550 bits per heavy atom. The highest BCUT2D eigenvalue weighted by Crippen LogP contribution is 2.17. The van der Waals surface area contributed by atoms with Gasteiger partial charge in [-0.15, -0.1) is 0 Å². The van der Waals surface area contributed by atoms with Gasteiger partial charge in [0.1, 0.15) is 13.2 Å². The zero-order chi connectivity index (χ0) is 43.8. The third kappa shape index (κ3) is 47.5. The normalized spacial score (nSPS) is 11.9. The van der Waals surface area contributed by atoms with Crippen LogP contribution in [0.5, 0.6) is 0 Å². The van der Waals surface area contributed by atoms with Crippen LogP contribution in [0.25, 0.3) is 0 Å². The lowest BCUT2D eigenvalue weighted by Gasteiger charge is -2.18. The summed E-state index contributed by atoms with van der Waals surface area (Å²) < 4.78 is 16.8. The van der Waals surface area contributed by atoms with E-state index in [4.69, 9.17) is 14.2 Å². The van der Waals surface area contributed by atoms with Crippen LogP contribution < -0.4 is 0 Å². The highest BCUT2D eigenvalue weighted by atomic mass is 16.6. The molecule has 0 aliphatic carbocycles. The fourth-order valence-corrected chi connectivity index (χ4v) is 8.22. The molecule has 0 rings (SSSR count). The molecule has 60 heavy (non-hydrogen) atoms. The van der Waals surface area contributed by atoms with Crippen molar-refractivity contribution < 1.29 is 28.6 Å². The van der Waals surface area contributed by atoms with Gasteiger partial charge in [0.25, 0.3) is 0 Å². The minimum Gasteiger partial charge on any atom is -0.462 e. The molecule has 0 bridgehead atoms. The van der Waals surface area contributed by atoms with Gasteiger partial charge in [-0.3, -0.25) is 14.4 Å². The second-order valence-electron chi connectivity index (χ2n) is 19.0. The summed E-state index contributed by atoms with van der Waals surface area (Å²) in [4.78, 5) is 38.0. The number of ether oxygens (including phenoxy) is 3. The van der Waals surface area contributed by atoms with Gasteiger partial charge >= 0.3 is 17.9 Å². The van der Waals surface area contributed by atoms with E-state index < -0.39 is 6.10 Å². The van der Waals surface area contributed by atoms with Crippen LogP contribution in [0.2, 0.25) is 0 Å². The number of hydrogen-bond acceptors (Lipinski definition) is 6. The molecule has 6 heteroatoms. The van der Waals surface area contributed by atoms with Crippen molar-refractivity contribution in [1.29, 1.82) is 0 Å². The zero-order valence-corrected chi connectivity index (χ0v) is 40.9. The van der Waals surface area contributed by atoms with Crippen LogP contribution in [-0.4, -0.2) is 37.2 Å². The van der Waals surface area contributed by atoms with Crippen LogP contribution in [0.4, 0.5) is 0 Å². The largest absolute Gasteiger partial charge is 0.462 e. The lowest BCUT2D eigenvalue weighted by molar-refractivity contribution is -0.167. The Hall–Kier alpha value is -1.59. The second kappa shape index (κ2) is 48.4. The molecule has 0 amide bonds. The fourth-order valence-electron chi connectivity index (χ4n) is 8.22. The van der Waals surface area contributed by atoms with Crippen LogP contribution in [-0.2, 0) is 28.6 Å². The minimum absolute atomic E-state index is 0.0623. The average molecular weight is 849 g/mol. The van der Waals surface area contributed by atoms with E-state index in [1.807, 2.05) is 0 Å². The number of hydrogen-bond donors (Lipinski definition) is 0. The summed E-state index contributed by atoms with van der Waals surface area (Å²) in [7, 11) is 0. The fraction of sp³-hybridized carbons (Fsp3) is 0.944. The number of esters is 3. The van der Waals surface area contributed by atoms with Crippen molar-refractivity contribution in [2.45, 2.75) is 310 Å². The van der Waals surface area contributed by atoms with Crippen LogP contribution in [0.3, 0.4) is 0 Å². The van der Waals surface area contributed by atoms with Crippen LogP contribution in [0, 0.1) is 5.92 Å². The molecule has 0 aromatic carbocycles. The van der Waals surface area contributed by atoms with Gasteiger partial charge in [-0.05, 0) is 25.2 Å². The van der Waals surface area contributed by atoms with Gasteiger partial charge in [-0.1, -0.05) is 265 Å². The average Bonchev–Trinajstić information content (AvgIpc) is 3.23. The Labute approximate surface area is 374 Å². The third-order valence-electron chi connectivity index (χ3n) is 12.3. The molecule has 0 aromatic heterocycles. The smallest absolute Gasteiger partial charge is 0.306 e. The van der Waals surface area contributed by atoms with Crippen molar-refractivity contribution in [3.05, 3.63) is 0 Å². The van der Waals surface area contributed by atoms with E-state index >= 15 is 0 Å². The molecule has 0 saturated heterocycles. The molecule has 0 saturated carbocycles. The first-order valence-electron chi connectivity index (χ1n) is 26.9. The maximum atomic E-state index is 12.8. The van der Waals surface area contributed by atoms with E-state index in [2.05, 4.69) is 27.7 Å². The summed E-state index contributed by atoms with van der Waals surface area (Å²) in [5, 5.41) is 0. The summed E-state index contributed by atoms with van der Waals surface area (Å²) in [5.74, 6) is 0.00387. The van der Waals surface area contributed by atoms with Crippen molar-refractivity contribution in [1.82, 2.24) is 0 Å². The minimum atomic E-state index is -0.760. The van der Waals surface area contributed by atoms with Gasteiger partial charge in [-0.25, -0.2) is 0 Å². The topological polar surface area (TPSA) is 78.9 Å². The van der Waals surface area contributed by atoms with Gasteiger partial charge in [-0.2, -0.15) is 0 Å². The molecule has 0 heterocycles. The first kappa shape index (κ1) is 58.4. The molecule has 0 aromatic rings. The van der Waals surface area contributed by atoms with Gasteiger partial charge in [0.05, 0.1) is 0 Å². The summed E-state index contributed by atoms with van der Waals surface area (Å²) in [5.41, 5.74) is 0. The quantitative estimate of drug-likeness (QED) is 0.0345. The molecule has 0 aliphatic rings. The predicted octanol–water partition coefficient (Wildman–Crippen LogP) is 17.5. The highest BCUT2D eigenvalue weighted by molar-refractivity contribution is 5.71. The van der Waals surface area contributed by atoms with Crippen LogP contribution in [0.15, 0.2) is 0 Å². The Morgan fingerprint density at radius 3 is 0.817 bits per heavy atom. The Morgan fingerprint density at radius 1 is 0.317 bits per heavy atom. The molecule has 356 valence electrons. The summed E-state index contributed by atoms with van der Waals surface area (Å²) in [6.45, 7) is 9.04. The zero-order valence-electron chi connectivity index (χ0n) is 40.9. The lowest BCUT2D eigenvalue weighted by atomic mass is 10.0. The first-order valence-corrected chi connectivity index (χ1v) is 26.9. The number of unbranched alkanes of at least 4 members (excludes halogenated alkanes) is 36. The standard InChI is InChI=1S/C54H104O6/c1-5-7-9-11-13-15-17-21-26-29-33-37-41-45-52(55)58-48-51(60-54(57)47-43-39-35-31-25-18-16-14-12-10-8-6-2)49-59-53(56)46-42-38-34-30-27-23-20-19-22-24-28-32-36-40-44-50(3)4/h50-51H,5-49H2,1-4H3/t51-/m0/s1. The SMILES string of the molecule is CCCCCCCCCCCCCCCC(=O)OC[C@@H](COC(=O)CCCCCCCCCCCCCCCCC(C)C)OC(=O)CCCCCCCCCCCCCC. The van der Waals surface area contributed by atoms with Crippen molar-refractivity contribution in [3.8, 4) is 0 Å². The number of carbonyl (C=O) groups excluding carboxylic acids is 3. The van der Waals surface area contributed by atoms with Gasteiger partial charge in [0.15, 0.2) is 6.10 Å². The van der Waals surface area contributed by atoms with E-state index in [9.17, 15) is 14.4 Å². The molecule has 0 radical (unpaired) electrons. The van der Waals surface area contributed by atoms with E-state index in [0.29, 0.717) is 19.3 Å². The van der Waals surface area contributed by atoms with Gasteiger partial charge < -0.3 is 14.2 Å². The molecular weight excluding hydrogens is 745 g/mol. The predicted molar refractivity (Wildman–Crippen MR) is 257 cm³/mol. The molecular formula is C54H104O6. The number of carbonyl (C=O) groups is 3. The van der Waals surface area contributed by atoms with Gasteiger partial charge in [0.2, 0.25) is 0 Å². The van der Waals surface area contributed by atoms with Crippen molar-refractivity contribution >= 4 is 17.9 Å². The van der Waals surface area contributed by atoms with Crippen LogP contribution >= 0.6 is 0 Å². The maximum Gasteiger partial charge on any atom is 0.306 e. The molecule has 0 N–H and O–H groups in total. The molecule has 6 nitrogen and oxygen atoms in total. The van der Waals surface area contributed by atoms with Crippen molar-refractivity contribution in [2.24, 2.45) is 5.92 Å². The maximum absolute atomic E-state index is 12.8. The van der Waals surface area contributed by atoms with Crippen molar-refractivity contribution in [2.75, 3.05) is 13.2 Å².